The Bertz CT molecular complexity index is 334. The van der Waals surface area contributed by atoms with Crippen molar-refractivity contribution in [2.45, 2.75) is 20.0 Å². The Morgan fingerprint density at radius 3 is 2.38 bits per heavy atom. The van der Waals surface area contributed by atoms with Crippen LogP contribution in [0.1, 0.15) is 13.8 Å². The van der Waals surface area contributed by atoms with Crippen LogP contribution in [0, 0.1) is 10.1 Å². The number of hydrogen-bond acceptors (Lipinski definition) is 4. The van der Waals surface area contributed by atoms with Gasteiger partial charge in [-0.1, -0.05) is 0 Å². The Hall–Kier alpha value is -1.62. The molecule has 0 N–H and O–H groups in total. The number of hydrogen-bond donors (Lipinski definition) is 0. The summed E-state index contributed by atoms with van der Waals surface area (Å²) in [5.74, 6) is 0.609. The number of nitro groups is 1. The molecule has 0 atom stereocenters. The summed E-state index contributed by atoms with van der Waals surface area (Å²) in [6, 6.07) is 5.98. The molecule has 0 aliphatic heterocycles. The summed E-state index contributed by atoms with van der Waals surface area (Å²) in [5.41, 5.74) is 0.0609. The molecule has 0 aliphatic carbocycles. The number of non-ortho nitro benzene ring substituents is 1. The van der Waals surface area contributed by atoms with Gasteiger partial charge in [0.05, 0.1) is 17.6 Å². The van der Waals surface area contributed by atoms with E-state index < -0.39 is 4.92 Å². The third-order valence-corrected chi connectivity index (χ3v) is 1.85. The normalized spacial score (nSPS) is 10.4. The van der Waals surface area contributed by atoms with Crippen molar-refractivity contribution in [1.82, 2.24) is 0 Å². The zero-order chi connectivity index (χ0) is 12.0. The lowest BCUT2D eigenvalue weighted by molar-refractivity contribution is -0.384. The summed E-state index contributed by atoms with van der Waals surface area (Å²) in [7, 11) is 0. The minimum atomic E-state index is -0.439. The minimum absolute atomic E-state index is 0.0609. The van der Waals surface area contributed by atoms with Gasteiger partial charge < -0.3 is 9.47 Å². The number of ether oxygens (including phenoxy) is 2. The Labute approximate surface area is 94.1 Å². The minimum Gasteiger partial charge on any atom is -0.491 e. The predicted molar refractivity (Wildman–Crippen MR) is 59.7 cm³/mol. The van der Waals surface area contributed by atoms with Gasteiger partial charge in [0.1, 0.15) is 12.4 Å². The smallest absolute Gasteiger partial charge is 0.269 e. The monoisotopic (exact) mass is 225 g/mol. The van der Waals surface area contributed by atoms with Crippen molar-refractivity contribution in [3.05, 3.63) is 34.4 Å². The quantitative estimate of drug-likeness (QED) is 0.423. The molecule has 5 nitrogen and oxygen atoms in total. The highest BCUT2D eigenvalue weighted by molar-refractivity contribution is 5.35. The van der Waals surface area contributed by atoms with Gasteiger partial charge in [0.2, 0.25) is 0 Å². The van der Waals surface area contributed by atoms with Crippen molar-refractivity contribution in [2.24, 2.45) is 0 Å². The molecule has 0 heterocycles. The molecule has 0 spiro atoms. The Morgan fingerprint density at radius 2 is 1.88 bits per heavy atom. The van der Waals surface area contributed by atoms with E-state index in [1.165, 1.54) is 12.1 Å². The maximum Gasteiger partial charge on any atom is 0.269 e. The second kappa shape index (κ2) is 6.07. The molecule has 0 unspecified atom stereocenters. The van der Waals surface area contributed by atoms with E-state index in [0.717, 1.165) is 0 Å². The van der Waals surface area contributed by atoms with E-state index in [1.807, 2.05) is 13.8 Å². The molecule has 16 heavy (non-hydrogen) atoms. The fourth-order valence-corrected chi connectivity index (χ4v) is 1.11. The molecule has 0 saturated carbocycles. The molecule has 5 heteroatoms. The Balaban J connectivity index is 2.35. The first-order chi connectivity index (χ1) is 7.59. The van der Waals surface area contributed by atoms with Crippen LogP contribution in [0.2, 0.25) is 0 Å². The van der Waals surface area contributed by atoms with Crippen molar-refractivity contribution >= 4 is 5.69 Å². The highest BCUT2D eigenvalue weighted by atomic mass is 16.6. The fourth-order valence-electron chi connectivity index (χ4n) is 1.11. The van der Waals surface area contributed by atoms with E-state index in [9.17, 15) is 10.1 Å². The SMILES string of the molecule is CC(C)OCCOc1ccc([N+](=O)[O-])cc1. The molecule has 1 aromatic carbocycles. The molecular weight excluding hydrogens is 210 g/mol. The number of benzene rings is 1. The molecule has 0 aromatic heterocycles. The van der Waals surface area contributed by atoms with Crippen LogP contribution in [0.15, 0.2) is 24.3 Å². The van der Waals surface area contributed by atoms with Crippen LogP contribution < -0.4 is 4.74 Å². The van der Waals surface area contributed by atoms with Gasteiger partial charge in [0.15, 0.2) is 0 Å². The van der Waals surface area contributed by atoms with Gasteiger partial charge in [-0.25, -0.2) is 0 Å². The lowest BCUT2D eigenvalue weighted by atomic mass is 10.3. The molecule has 1 rings (SSSR count). The van der Waals surface area contributed by atoms with Crippen LogP contribution >= 0.6 is 0 Å². The van der Waals surface area contributed by atoms with Crippen LogP contribution in [-0.4, -0.2) is 24.2 Å². The van der Waals surface area contributed by atoms with Crippen LogP contribution in [0.3, 0.4) is 0 Å². The zero-order valence-corrected chi connectivity index (χ0v) is 9.38. The maximum absolute atomic E-state index is 10.4. The summed E-state index contributed by atoms with van der Waals surface area (Å²) in [5, 5.41) is 10.4. The van der Waals surface area contributed by atoms with E-state index in [2.05, 4.69) is 0 Å². The fraction of sp³-hybridized carbons (Fsp3) is 0.455. The number of nitrogens with zero attached hydrogens (tertiary/aromatic N) is 1. The van der Waals surface area contributed by atoms with E-state index in [1.54, 1.807) is 12.1 Å². The van der Waals surface area contributed by atoms with E-state index in [4.69, 9.17) is 9.47 Å². The molecule has 88 valence electrons. The average molecular weight is 225 g/mol. The zero-order valence-electron chi connectivity index (χ0n) is 9.38. The van der Waals surface area contributed by atoms with Gasteiger partial charge in [-0.15, -0.1) is 0 Å². The summed E-state index contributed by atoms with van der Waals surface area (Å²) in [6.07, 6.45) is 0.181. The first-order valence-electron chi connectivity index (χ1n) is 5.08. The lowest BCUT2D eigenvalue weighted by Gasteiger charge is -2.08. The Morgan fingerprint density at radius 1 is 1.25 bits per heavy atom. The topological polar surface area (TPSA) is 61.6 Å². The second-order valence-electron chi connectivity index (χ2n) is 3.52. The van der Waals surface area contributed by atoms with Crippen molar-refractivity contribution in [3.63, 3.8) is 0 Å². The summed E-state index contributed by atoms with van der Waals surface area (Å²) >= 11 is 0. The third kappa shape index (κ3) is 4.27. The van der Waals surface area contributed by atoms with E-state index >= 15 is 0 Å². The van der Waals surface area contributed by atoms with Crippen LogP contribution in [0.5, 0.6) is 5.75 Å². The predicted octanol–water partition coefficient (Wildman–Crippen LogP) is 2.40. The van der Waals surface area contributed by atoms with Crippen molar-refractivity contribution in [3.8, 4) is 5.75 Å². The summed E-state index contributed by atoms with van der Waals surface area (Å²) in [6.45, 7) is 4.85. The van der Waals surface area contributed by atoms with Crippen molar-refractivity contribution in [2.75, 3.05) is 13.2 Å². The first-order valence-corrected chi connectivity index (χ1v) is 5.08. The number of nitro benzene ring substituents is 1. The van der Waals surface area contributed by atoms with Crippen LogP contribution in [0.4, 0.5) is 5.69 Å². The summed E-state index contributed by atoms with van der Waals surface area (Å²) in [4.78, 5) is 9.95. The maximum atomic E-state index is 10.4. The van der Waals surface area contributed by atoms with Crippen molar-refractivity contribution in [1.29, 1.82) is 0 Å². The average Bonchev–Trinajstić information content (AvgIpc) is 2.25. The first kappa shape index (κ1) is 12.4. The van der Waals surface area contributed by atoms with E-state index in [0.29, 0.717) is 19.0 Å². The number of rotatable bonds is 6. The Kier molecular flexibility index (Phi) is 4.72. The standard InChI is InChI=1S/C11H15NO4/c1-9(2)15-7-8-16-11-5-3-10(4-6-11)12(13)14/h3-6,9H,7-8H2,1-2H3. The molecule has 0 aliphatic rings. The van der Waals surface area contributed by atoms with Gasteiger partial charge in [-0.2, -0.15) is 0 Å². The highest BCUT2D eigenvalue weighted by Crippen LogP contribution is 2.16. The molecule has 0 amide bonds. The lowest BCUT2D eigenvalue weighted by Crippen LogP contribution is -2.11. The molecule has 0 radical (unpaired) electrons. The molecule has 0 bridgehead atoms. The third-order valence-electron chi connectivity index (χ3n) is 1.85. The largest absolute Gasteiger partial charge is 0.491 e. The van der Waals surface area contributed by atoms with Crippen LogP contribution in [-0.2, 0) is 4.74 Å². The molecular formula is C11H15NO4. The van der Waals surface area contributed by atoms with Gasteiger partial charge >= 0.3 is 0 Å². The van der Waals surface area contributed by atoms with Crippen LogP contribution in [0.25, 0.3) is 0 Å². The second-order valence-corrected chi connectivity index (χ2v) is 3.52. The molecule has 0 fully saturated rings. The van der Waals surface area contributed by atoms with Gasteiger partial charge in [-0.05, 0) is 26.0 Å². The van der Waals surface area contributed by atoms with E-state index in [-0.39, 0.29) is 11.8 Å². The molecule has 1 aromatic rings. The van der Waals surface area contributed by atoms with Crippen molar-refractivity contribution < 1.29 is 14.4 Å². The van der Waals surface area contributed by atoms with Gasteiger partial charge in [0.25, 0.3) is 5.69 Å². The molecule has 0 saturated heterocycles. The summed E-state index contributed by atoms with van der Waals surface area (Å²) < 4.78 is 10.6. The highest BCUT2D eigenvalue weighted by Gasteiger charge is 2.04. The van der Waals surface area contributed by atoms with Gasteiger partial charge in [-0.3, -0.25) is 10.1 Å². The van der Waals surface area contributed by atoms with Gasteiger partial charge in [0, 0.05) is 12.1 Å².